The third-order valence-electron chi connectivity index (χ3n) is 2.56. The standard InChI is InChI=1S/C10H14N3O2P/c1-12-10(9-7-5-4-6-8-9)11-13(2)16(12,14)15-3/h4-8H,1-3H3. The fourth-order valence-electron chi connectivity index (χ4n) is 1.64. The van der Waals surface area contributed by atoms with E-state index >= 15 is 0 Å². The Hall–Kier alpha value is -1.32. The van der Waals surface area contributed by atoms with E-state index in [0.717, 1.165) is 5.56 Å². The van der Waals surface area contributed by atoms with E-state index in [2.05, 4.69) is 5.10 Å². The number of hydrogen-bond donors (Lipinski definition) is 0. The Morgan fingerprint density at radius 1 is 1.25 bits per heavy atom. The van der Waals surface area contributed by atoms with Gasteiger partial charge in [-0.1, -0.05) is 30.3 Å². The molecule has 0 fully saturated rings. The average molecular weight is 239 g/mol. The van der Waals surface area contributed by atoms with Gasteiger partial charge in [-0.2, -0.15) is 0 Å². The molecule has 0 N–H and O–H groups in total. The molecule has 1 aromatic rings. The molecule has 6 heteroatoms. The van der Waals surface area contributed by atoms with Crippen LogP contribution in [0.2, 0.25) is 0 Å². The first-order valence-corrected chi connectivity index (χ1v) is 6.41. The number of rotatable bonds is 2. The van der Waals surface area contributed by atoms with Gasteiger partial charge in [0.2, 0.25) is 0 Å². The Bertz CT molecular complexity index is 460. The van der Waals surface area contributed by atoms with Crippen LogP contribution in [0.4, 0.5) is 0 Å². The molecule has 0 aromatic heterocycles. The van der Waals surface area contributed by atoms with Crippen molar-refractivity contribution < 1.29 is 9.09 Å². The quantitative estimate of drug-likeness (QED) is 0.740. The maximum Gasteiger partial charge on any atom is 0.412 e. The van der Waals surface area contributed by atoms with Crippen molar-refractivity contribution in [3.8, 4) is 0 Å². The van der Waals surface area contributed by atoms with E-state index in [1.165, 1.54) is 11.9 Å². The molecule has 0 saturated carbocycles. The zero-order valence-electron chi connectivity index (χ0n) is 9.49. The fourth-order valence-corrected chi connectivity index (χ4v) is 3.11. The van der Waals surface area contributed by atoms with Gasteiger partial charge in [0.1, 0.15) is 0 Å². The number of hydrazone groups is 1. The molecule has 2 rings (SSSR count). The van der Waals surface area contributed by atoms with Gasteiger partial charge in [-0.05, 0) is 0 Å². The van der Waals surface area contributed by atoms with Gasteiger partial charge in [0.15, 0.2) is 5.84 Å². The van der Waals surface area contributed by atoms with Crippen LogP contribution in [-0.4, -0.2) is 36.5 Å². The summed E-state index contributed by atoms with van der Waals surface area (Å²) in [7, 11) is 1.81. The van der Waals surface area contributed by atoms with E-state index < -0.39 is 7.67 Å². The van der Waals surface area contributed by atoms with Gasteiger partial charge >= 0.3 is 7.67 Å². The second-order valence-corrected chi connectivity index (χ2v) is 6.00. The lowest BCUT2D eigenvalue weighted by molar-refractivity contribution is 0.315. The molecule has 1 aromatic carbocycles. The summed E-state index contributed by atoms with van der Waals surface area (Å²) in [5.74, 6) is 0.660. The zero-order valence-corrected chi connectivity index (χ0v) is 10.4. The number of hydrogen-bond acceptors (Lipinski definition) is 3. The van der Waals surface area contributed by atoms with Crippen molar-refractivity contribution in [3.63, 3.8) is 0 Å². The molecule has 1 aliphatic heterocycles. The van der Waals surface area contributed by atoms with Crippen LogP contribution in [0.25, 0.3) is 0 Å². The minimum absolute atomic E-state index is 0.660. The van der Waals surface area contributed by atoms with Crippen molar-refractivity contribution >= 4 is 13.5 Å². The number of amidine groups is 1. The Kier molecular flexibility index (Phi) is 2.74. The monoisotopic (exact) mass is 239 g/mol. The Balaban J connectivity index is 2.40. The highest BCUT2D eigenvalue weighted by atomic mass is 31.2. The molecular formula is C10H14N3O2P. The smallest absolute Gasteiger partial charge is 0.300 e. The van der Waals surface area contributed by atoms with Crippen molar-refractivity contribution in [1.29, 1.82) is 0 Å². The zero-order chi connectivity index (χ0) is 11.8. The molecule has 0 bridgehead atoms. The Morgan fingerprint density at radius 3 is 2.38 bits per heavy atom. The van der Waals surface area contributed by atoms with Gasteiger partial charge in [0.05, 0.1) is 0 Å². The van der Waals surface area contributed by atoms with Crippen molar-refractivity contribution in [2.45, 2.75) is 0 Å². The van der Waals surface area contributed by atoms with E-state index in [0.29, 0.717) is 5.84 Å². The van der Waals surface area contributed by atoms with Crippen LogP contribution in [-0.2, 0) is 9.09 Å². The number of nitrogens with zero attached hydrogens (tertiary/aromatic N) is 3. The lowest BCUT2D eigenvalue weighted by atomic mass is 10.2. The molecule has 1 unspecified atom stereocenters. The molecular weight excluding hydrogens is 225 g/mol. The van der Waals surface area contributed by atoms with Crippen molar-refractivity contribution in [2.75, 3.05) is 21.2 Å². The molecule has 5 nitrogen and oxygen atoms in total. The first-order valence-electron chi connectivity index (χ1n) is 4.88. The number of benzene rings is 1. The summed E-state index contributed by atoms with van der Waals surface area (Å²) in [6, 6.07) is 9.62. The van der Waals surface area contributed by atoms with Crippen molar-refractivity contribution in [3.05, 3.63) is 35.9 Å². The van der Waals surface area contributed by atoms with Crippen LogP contribution in [0.5, 0.6) is 0 Å². The second-order valence-electron chi connectivity index (χ2n) is 3.48. The molecule has 1 aliphatic rings. The first kappa shape index (κ1) is 11.2. The Morgan fingerprint density at radius 2 is 1.88 bits per heavy atom. The highest BCUT2D eigenvalue weighted by molar-refractivity contribution is 7.55. The molecule has 0 amide bonds. The lowest BCUT2D eigenvalue weighted by Crippen LogP contribution is -2.22. The van der Waals surface area contributed by atoms with Crippen molar-refractivity contribution in [1.82, 2.24) is 9.45 Å². The van der Waals surface area contributed by atoms with Crippen LogP contribution >= 0.6 is 7.67 Å². The molecule has 0 aliphatic carbocycles. The van der Waals surface area contributed by atoms with Crippen LogP contribution in [0, 0.1) is 0 Å². The summed E-state index contributed by atoms with van der Waals surface area (Å²) < 4.78 is 20.4. The molecule has 1 atom stereocenters. The largest absolute Gasteiger partial charge is 0.412 e. The molecule has 1 heterocycles. The van der Waals surface area contributed by atoms with Gasteiger partial charge in [0, 0.05) is 26.8 Å². The van der Waals surface area contributed by atoms with Crippen molar-refractivity contribution in [2.24, 2.45) is 5.10 Å². The van der Waals surface area contributed by atoms with Gasteiger partial charge in [-0.15, -0.1) is 5.10 Å². The summed E-state index contributed by atoms with van der Waals surface area (Å²) in [5, 5.41) is 4.25. The SMILES string of the molecule is COP1(=O)N(C)N=C(c2ccccc2)N1C. The van der Waals surface area contributed by atoms with Gasteiger partial charge in [-0.25, -0.2) is 9.34 Å². The maximum atomic E-state index is 12.3. The third-order valence-corrected chi connectivity index (χ3v) is 4.80. The topological polar surface area (TPSA) is 45.1 Å². The second kappa shape index (κ2) is 3.92. The highest BCUT2D eigenvalue weighted by Gasteiger charge is 2.41. The lowest BCUT2D eigenvalue weighted by Gasteiger charge is -2.23. The average Bonchev–Trinajstić information content (AvgIpc) is 2.55. The summed E-state index contributed by atoms with van der Waals surface area (Å²) >= 11 is 0. The van der Waals surface area contributed by atoms with Gasteiger partial charge < -0.3 is 0 Å². The molecule has 16 heavy (non-hydrogen) atoms. The van der Waals surface area contributed by atoms with E-state index in [1.807, 2.05) is 30.3 Å². The normalized spacial score (nSPS) is 24.8. The maximum absolute atomic E-state index is 12.3. The van der Waals surface area contributed by atoms with Crippen LogP contribution in [0.3, 0.4) is 0 Å². The van der Waals surface area contributed by atoms with E-state index in [1.54, 1.807) is 18.8 Å². The molecule has 0 radical (unpaired) electrons. The van der Waals surface area contributed by atoms with E-state index in [4.69, 9.17) is 4.52 Å². The summed E-state index contributed by atoms with van der Waals surface area (Å²) in [4.78, 5) is 0. The predicted molar refractivity (Wildman–Crippen MR) is 63.1 cm³/mol. The van der Waals surface area contributed by atoms with Crippen LogP contribution < -0.4 is 0 Å². The minimum Gasteiger partial charge on any atom is -0.300 e. The van der Waals surface area contributed by atoms with Gasteiger partial charge in [-0.3, -0.25) is 9.19 Å². The Labute approximate surface area is 94.9 Å². The molecule has 0 spiro atoms. The third kappa shape index (κ3) is 1.52. The highest BCUT2D eigenvalue weighted by Crippen LogP contribution is 2.56. The fraction of sp³-hybridized carbons (Fsp3) is 0.300. The van der Waals surface area contributed by atoms with E-state index in [9.17, 15) is 4.57 Å². The summed E-state index contributed by atoms with van der Waals surface area (Å²) in [6.45, 7) is 0. The molecule has 86 valence electrons. The van der Waals surface area contributed by atoms with Gasteiger partial charge in [0.25, 0.3) is 0 Å². The predicted octanol–water partition coefficient (Wildman–Crippen LogP) is 1.98. The van der Waals surface area contributed by atoms with Crippen LogP contribution in [0.15, 0.2) is 35.4 Å². The minimum atomic E-state index is -2.99. The van der Waals surface area contributed by atoms with E-state index in [-0.39, 0.29) is 0 Å². The first-order chi connectivity index (χ1) is 7.59. The molecule has 0 saturated heterocycles. The summed E-state index contributed by atoms with van der Waals surface area (Å²) in [6.07, 6.45) is 0. The summed E-state index contributed by atoms with van der Waals surface area (Å²) in [5.41, 5.74) is 0.923. The van der Waals surface area contributed by atoms with Crippen LogP contribution in [0.1, 0.15) is 5.56 Å².